The van der Waals surface area contributed by atoms with Crippen molar-refractivity contribution in [2.24, 2.45) is 0 Å². The maximum atomic E-state index is 8.83. The molecular weight excluding hydrogens is 398 g/mol. The number of nitrogens with zero attached hydrogens (tertiary/aromatic N) is 3. The van der Waals surface area contributed by atoms with Gasteiger partial charge in [-0.05, 0) is 79.1 Å². The van der Waals surface area contributed by atoms with Crippen LogP contribution in [-0.4, -0.2) is 82.1 Å². The fourth-order valence-electron chi connectivity index (χ4n) is 3.08. The van der Waals surface area contributed by atoms with Crippen LogP contribution in [-0.2, 0) is 0 Å². The Kier molecular flexibility index (Phi) is 12.1. The predicted molar refractivity (Wildman–Crippen MR) is 108 cm³/mol. The summed E-state index contributed by atoms with van der Waals surface area (Å²) in [5, 5.41) is 7.25. The van der Waals surface area contributed by atoms with Gasteiger partial charge in [-0.15, -0.1) is 0 Å². The normalized spacial score (nSPS) is 23.1. The van der Waals surface area contributed by atoms with E-state index in [2.05, 4.69) is 66.6 Å². The van der Waals surface area contributed by atoms with Gasteiger partial charge in [0.1, 0.15) is 0 Å². The van der Waals surface area contributed by atoms with Gasteiger partial charge in [-0.2, -0.15) is 0 Å². The molecule has 1 aliphatic heterocycles. The first kappa shape index (κ1) is 26.2. The van der Waals surface area contributed by atoms with E-state index in [0.717, 1.165) is 50.7 Å². The van der Waals surface area contributed by atoms with Crippen molar-refractivity contribution in [3.63, 3.8) is 0 Å². The third kappa shape index (κ3) is 13.1. The molecule has 2 bridgehead atoms. The second-order valence-electron chi connectivity index (χ2n) is 7.62. The van der Waals surface area contributed by atoms with Crippen molar-refractivity contribution in [1.82, 2.24) is 25.4 Å². The zero-order valence-corrected chi connectivity index (χ0v) is 18.8. The predicted octanol–water partition coefficient (Wildman–Crippen LogP) is -0.820. The number of aromatic nitrogens is 1. The molecule has 10 heteroatoms. The second-order valence-corrected chi connectivity index (χ2v) is 8.49. The van der Waals surface area contributed by atoms with Gasteiger partial charge in [0.25, 0.3) is 0 Å². The van der Waals surface area contributed by atoms with Gasteiger partial charge >= 0.3 is 28.9 Å². The number of hydrogen-bond donors (Lipinski definition) is 5. The number of likely N-dealkylation sites (N-methyl/N-ethyl adjacent to an activating group) is 1. The van der Waals surface area contributed by atoms with Gasteiger partial charge in [-0.1, -0.05) is 6.07 Å². The van der Waals surface area contributed by atoms with Gasteiger partial charge in [0.2, 0.25) is 0 Å². The Morgan fingerprint density at radius 2 is 1.52 bits per heavy atom. The topological polar surface area (TPSA) is 127 Å². The van der Waals surface area contributed by atoms with Crippen LogP contribution < -0.4 is 15.3 Å². The van der Waals surface area contributed by atoms with Crippen LogP contribution in [0.3, 0.4) is 0 Å². The van der Waals surface area contributed by atoms with Gasteiger partial charge in [0.05, 0.1) is 11.4 Å². The summed E-state index contributed by atoms with van der Waals surface area (Å²) in [6.45, 7) is 11.1. The first-order valence-electron chi connectivity index (χ1n) is 10.0. The molecule has 0 fully saturated rings. The zero-order valence-electron chi connectivity index (χ0n) is 18.0. The number of pyridine rings is 1. The Labute approximate surface area is 176 Å². The molecule has 2 atom stereocenters. The molecule has 0 saturated carbocycles. The molecule has 0 aromatic carbocycles. The van der Waals surface area contributed by atoms with E-state index in [4.69, 9.17) is 23.6 Å². The molecule has 1 aromatic heterocycles. The molecule has 2 rings (SSSR count). The molecule has 1 aromatic rings. The summed E-state index contributed by atoms with van der Waals surface area (Å²) in [7, 11) is 0.106. The molecule has 0 aliphatic carbocycles. The Balaban J connectivity index is 0.000000749. The van der Waals surface area contributed by atoms with Crippen molar-refractivity contribution in [3.8, 4) is 0 Å². The fraction of sp³-hybridized carbons (Fsp3) is 0.737. The average Bonchev–Trinajstić information content (AvgIpc) is 2.63. The van der Waals surface area contributed by atoms with Crippen molar-refractivity contribution in [1.29, 1.82) is 0 Å². The van der Waals surface area contributed by atoms with Gasteiger partial charge in [0.15, 0.2) is 0 Å². The van der Waals surface area contributed by atoms with Crippen LogP contribution in [0.1, 0.15) is 50.2 Å². The van der Waals surface area contributed by atoms with E-state index in [9.17, 15) is 0 Å². The van der Waals surface area contributed by atoms with Crippen LogP contribution in [0.25, 0.3) is 0 Å². The molecule has 0 saturated heterocycles. The van der Waals surface area contributed by atoms with Gasteiger partial charge < -0.3 is 20.4 Å². The summed E-state index contributed by atoms with van der Waals surface area (Å²) >= 11 is 0. The van der Waals surface area contributed by atoms with Gasteiger partial charge in [-0.25, -0.2) is 0 Å². The quantitative estimate of drug-likeness (QED) is 0.413. The molecule has 0 spiro atoms. The summed E-state index contributed by atoms with van der Waals surface area (Å²) in [6, 6.07) is 6.99. The number of halogens is 1. The Hall–Kier alpha value is -0.880. The van der Waals surface area contributed by atoms with Gasteiger partial charge in [0, 0.05) is 25.2 Å². The van der Waals surface area contributed by atoms with Crippen molar-refractivity contribution >= 4 is 0 Å². The van der Waals surface area contributed by atoms with E-state index in [1.165, 1.54) is 12.8 Å². The second kappa shape index (κ2) is 13.4. The van der Waals surface area contributed by atoms with Crippen molar-refractivity contribution in [3.05, 3.63) is 29.6 Å². The van der Waals surface area contributed by atoms with Crippen LogP contribution in [0.15, 0.2) is 18.2 Å². The summed E-state index contributed by atoms with van der Waals surface area (Å²) in [5.41, 5.74) is 2.28. The Morgan fingerprint density at radius 1 is 1.07 bits per heavy atom. The number of hydrogen-bond acceptors (Lipinski definition) is 9. The molecule has 0 amide bonds. The SMILES string of the molecule is CC1NCCCN(CCN(C)C)CCCNC(C)c2cccc1n2.[O-][Cl+](O)(O)O. The number of nitrogens with one attached hydrogen (secondary N) is 2. The first-order chi connectivity index (χ1) is 13.6. The van der Waals surface area contributed by atoms with Crippen LogP contribution in [0.5, 0.6) is 0 Å². The third-order valence-corrected chi connectivity index (χ3v) is 4.75. The van der Waals surface area contributed by atoms with Crippen LogP contribution >= 0.6 is 0 Å². The van der Waals surface area contributed by atoms with Crippen molar-refractivity contribution < 1.29 is 28.9 Å². The molecule has 0 radical (unpaired) electrons. The van der Waals surface area contributed by atoms with E-state index in [0.29, 0.717) is 12.1 Å². The molecule has 1 aliphatic rings. The molecule has 170 valence electrons. The third-order valence-electron chi connectivity index (χ3n) is 4.75. The first-order valence-corrected chi connectivity index (χ1v) is 11.4. The summed E-state index contributed by atoms with van der Waals surface area (Å²) < 4.78 is 30.2. The minimum absolute atomic E-state index is 0.301. The summed E-state index contributed by atoms with van der Waals surface area (Å²) in [6.07, 6.45) is 2.36. The van der Waals surface area contributed by atoms with Crippen molar-refractivity contribution in [2.45, 2.75) is 38.8 Å². The maximum absolute atomic E-state index is 8.83. The van der Waals surface area contributed by atoms with E-state index >= 15 is 0 Å². The van der Waals surface area contributed by atoms with E-state index < -0.39 is 10.2 Å². The van der Waals surface area contributed by atoms with Gasteiger partial charge in [-0.3, -0.25) is 4.98 Å². The van der Waals surface area contributed by atoms with E-state index in [1.807, 2.05) is 0 Å². The van der Waals surface area contributed by atoms with Crippen LogP contribution in [0.2, 0.25) is 0 Å². The summed E-state index contributed by atoms with van der Waals surface area (Å²) in [5.74, 6) is 0. The molecular formula is C19H38ClN5O4. The molecule has 2 unspecified atom stereocenters. The van der Waals surface area contributed by atoms with Crippen molar-refractivity contribution in [2.75, 3.05) is 53.4 Å². The van der Waals surface area contributed by atoms with Crippen LogP contribution in [0.4, 0.5) is 0 Å². The molecule has 2 heterocycles. The van der Waals surface area contributed by atoms with Crippen LogP contribution in [0, 0.1) is 10.2 Å². The molecule has 9 nitrogen and oxygen atoms in total. The minimum atomic E-state index is -4.19. The standard InChI is InChI=1S/C19H35N5.ClH3O4/c1-16-18-8-5-9-19(22-18)17(2)21-11-7-13-24(12-6-10-20-16)15-14-23(3)4;2-1(3,4)5/h5,8-9,16-17,20-21H,6-7,10-15H2,1-4H3;2-4H. The Morgan fingerprint density at radius 3 is 1.93 bits per heavy atom. The average molecular weight is 436 g/mol. The van der Waals surface area contributed by atoms with E-state index in [1.54, 1.807) is 0 Å². The molecule has 29 heavy (non-hydrogen) atoms. The molecule has 5 N–H and O–H groups in total. The zero-order chi connectivity index (χ0) is 21.9. The monoisotopic (exact) mass is 435 g/mol. The number of fused-ring (bicyclic) bond motifs is 2. The fourth-order valence-corrected chi connectivity index (χ4v) is 3.08. The number of rotatable bonds is 3. The van der Waals surface area contributed by atoms with E-state index in [-0.39, 0.29) is 0 Å². The Bertz CT molecular complexity index is 535. The summed E-state index contributed by atoms with van der Waals surface area (Å²) in [4.78, 5) is 9.71.